The molecule has 2 heterocycles. The highest BCUT2D eigenvalue weighted by Gasteiger charge is 2.04. The maximum absolute atomic E-state index is 5.77. The van der Waals surface area contributed by atoms with E-state index in [-0.39, 0.29) is 0 Å². The number of ether oxygens (including phenoxy) is 1. The van der Waals surface area contributed by atoms with Crippen molar-refractivity contribution < 1.29 is 4.74 Å². The summed E-state index contributed by atoms with van der Waals surface area (Å²) in [5.74, 6) is 0.901. The molecule has 1 aromatic carbocycles. The molecule has 0 saturated heterocycles. The molecule has 0 aliphatic heterocycles. The molecule has 3 rings (SSSR count). The van der Waals surface area contributed by atoms with Crippen LogP contribution in [0, 0.1) is 3.70 Å². The van der Waals surface area contributed by atoms with Gasteiger partial charge in [-0.05, 0) is 52.2 Å². The summed E-state index contributed by atoms with van der Waals surface area (Å²) in [6.07, 6.45) is 0.957. The van der Waals surface area contributed by atoms with Gasteiger partial charge in [0.15, 0.2) is 0 Å². The predicted molar refractivity (Wildman–Crippen MR) is 82.3 cm³/mol. The first-order chi connectivity index (χ1) is 8.83. The fraction of sp³-hybridized carbons (Fsp3) is 0.154. The summed E-state index contributed by atoms with van der Waals surface area (Å²) in [4.78, 5) is 1.36. The first kappa shape index (κ1) is 12.0. The number of benzene rings is 1. The molecule has 0 unspecified atom stereocenters. The van der Waals surface area contributed by atoms with Gasteiger partial charge in [-0.3, -0.25) is 5.10 Å². The van der Waals surface area contributed by atoms with E-state index >= 15 is 0 Å². The Kier molecular flexibility index (Phi) is 3.51. The number of H-pyrrole nitrogens is 1. The van der Waals surface area contributed by atoms with Crippen molar-refractivity contribution in [3.8, 4) is 5.75 Å². The lowest BCUT2D eigenvalue weighted by Crippen LogP contribution is -1.99. The lowest BCUT2D eigenvalue weighted by atomic mass is 10.2. The highest BCUT2D eigenvalue weighted by atomic mass is 127. The molecule has 0 bridgehead atoms. The number of hydrogen-bond donors (Lipinski definition) is 1. The minimum atomic E-state index is 0.709. The van der Waals surface area contributed by atoms with E-state index in [0.717, 1.165) is 26.8 Å². The fourth-order valence-corrected chi connectivity index (χ4v) is 3.03. The molecular weight excluding hydrogens is 359 g/mol. The van der Waals surface area contributed by atoms with Gasteiger partial charge in [-0.2, -0.15) is 5.10 Å². The Morgan fingerprint density at radius 3 is 3.11 bits per heavy atom. The standard InChI is InChI=1S/C13H11IN2OS/c14-13-11-8-9(3-4-12(11)15-16-13)17-6-5-10-2-1-7-18-10/h1-4,7-8H,5-6H2,(H,15,16). The van der Waals surface area contributed by atoms with Crippen LogP contribution in [0.15, 0.2) is 35.7 Å². The highest BCUT2D eigenvalue weighted by Crippen LogP contribution is 2.23. The first-order valence-electron chi connectivity index (χ1n) is 5.62. The van der Waals surface area contributed by atoms with Gasteiger partial charge in [0.2, 0.25) is 0 Å². The molecule has 0 fully saturated rings. The van der Waals surface area contributed by atoms with Crippen molar-refractivity contribution in [2.75, 3.05) is 6.61 Å². The van der Waals surface area contributed by atoms with Crippen LogP contribution < -0.4 is 4.74 Å². The number of rotatable bonds is 4. The van der Waals surface area contributed by atoms with Crippen LogP contribution in [0.3, 0.4) is 0 Å². The summed E-state index contributed by atoms with van der Waals surface area (Å²) < 4.78 is 6.75. The van der Waals surface area contributed by atoms with Crippen LogP contribution in [0.25, 0.3) is 10.9 Å². The Labute approximate surface area is 122 Å². The Balaban J connectivity index is 1.69. The monoisotopic (exact) mass is 370 g/mol. The van der Waals surface area contributed by atoms with Crippen molar-refractivity contribution in [2.45, 2.75) is 6.42 Å². The van der Waals surface area contributed by atoms with Gasteiger partial charge in [-0.25, -0.2) is 0 Å². The van der Waals surface area contributed by atoms with Gasteiger partial charge in [0.1, 0.15) is 9.45 Å². The van der Waals surface area contributed by atoms with Crippen LogP contribution >= 0.6 is 33.9 Å². The average molecular weight is 370 g/mol. The second-order valence-corrected chi connectivity index (χ2v) is 5.95. The second-order valence-electron chi connectivity index (χ2n) is 3.90. The van der Waals surface area contributed by atoms with Crippen LogP contribution in [0.1, 0.15) is 4.88 Å². The van der Waals surface area contributed by atoms with E-state index in [1.54, 1.807) is 11.3 Å². The van der Waals surface area contributed by atoms with Crippen molar-refractivity contribution >= 4 is 44.8 Å². The van der Waals surface area contributed by atoms with Gasteiger partial charge in [0.25, 0.3) is 0 Å². The number of aromatic amines is 1. The Bertz CT molecular complexity index is 648. The van der Waals surface area contributed by atoms with Crippen molar-refractivity contribution in [3.63, 3.8) is 0 Å². The van der Waals surface area contributed by atoms with Crippen molar-refractivity contribution in [1.29, 1.82) is 0 Å². The van der Waals surface area contributed by atoms with Crippen molar-refractivity contribution in [1.82, 2.24) is 10.2 Å². The minimum Gasteiger partial charge on any atom is -0.493 e. The quantitative estimate of drug-likeness (QED) is 0.709. The van der Waals surface area contributed by atoms with Crippen molar-refractivity contribution in [3.05, 3.63) is 44.3 Å². The Morgan fingerprint density at radius 2 is 2.28 bits per heavy atom. The topological polar surface area (TPSA) is 37.9 Å². The van der Waals surface area contributed by atoms with Crippen LogP contribution in [0.5, 0.6) is 5.75 Å². The summed E-state index contributed by atoms with van der Waals surface area (Å²) in [5, 5.41) is 10.4. The zero-order chi connectivity index (χ0) is 12.4. The van der Waals surface area contributed by atoms with Gasteiger partial charge < -0.3 is 4.74 Å². The molecule has 0 aliphatic carbocycles. The SMILES string of the molecule is Ic1n[nH]c2ccc(OCCc3cccs3)cc12. The summed E-state index contributed by atoms with van der Waals surface area (Å²) >= 11 is 3.99. The average Bonchev–Trinajstić information content (AvgIpc) is 3.01. The molecule has 0 spiro atoms. The molecule has 5 heteroatoms. The number of halogens is 1. The molecule has 92 valence electrons. The zero-order valence-corrected chi connectivity index (χ0v) is 12.5. The van der Waals surface area contributed by atoms with Gasteiger partial charge in [0, 0.05) is 16.7 Å². The third kappa shape index (κ3) is 2.51. The summed E-state index contributed by atoms with van der Waals surface area (Å²) in [7, 11) is 0. The Hall–Kier alpha value is -1.08. The maximum atomic E-state index is 5.77. The molecule has 3 nitrogen and oxygen atoms in total. The molecule has 2 aromatic heterocycles. The molecule has 0 saturated carbocycles. The van der Waals surface area contributed by atoms with E-state index in [1.165, 1.54) is 4.88 Å². The third-order valence-corrected chi connectivity index (χ3v) is 4.44. The molecule has 0 radical (unpaired) electrons. The number of thiophene rings is 1. The largest absolute Gasteiger partial charge is 0.493 e. The summed E-state index contributed by atoms with van der Waals surface area (Å²) in [6, 6.07) is 10.2. The summed E-state index contributed by atoms with van der Waals surface area (Å²) in [6.45, 7) is 0.709. The van der Waals surface area contributed by atoms with E-state index in [9.17, 15) is 0 Å². The van der Waals surface area contributed by atoms with Crippen LogP contribution in [0.4, 0.5) is 0 Å². The van der Waals surface area contributed by atoms with Crippen LogP contribution in [-0.2, 0) is 6.42 Å². The van der Waals surface area contributed by atoms with E-state index in [1.807, 2.05) is 18.2 Å². The molecule has 0 amide bonds. The minimum absolute atomic E-state index is 0.709. The lowest BCUT2D eigenvalue weighted by Gasteiger charge is -2.05. The molecular formula is C13H11IN2OS. The summed E-state index contributed by atoms with van der Waals surface area (Å²) in [5.41, 5.74) is 1.05. The van der Waals surface area contributed by atoms with E-state index < -0.39 is 0 Å². The fourth-order valence-electron chi connectivity index (χ4n) is 1.78. The first-order valence-corrected chi connectivity index (χ1v) is 7.57. The van der Waals surface area contributed by atoms with Crippen LogP contribution in [0.2, 0.25) is 0 Å². The normalized spacial score (nSPS) is 10.9. The number of hydrogen-bond acceptors (Lipinski definition) is 3. The molecule has 1 N–H and O–H groups in total. The maximum Gasteiger partial charge on any atom is 0.131 e. The van der Waals surface area contributed by atoms with E-state index in [4.69, 9.17) is 4.74 Å². The highest BCUT2D eigenvalue weighted by molar-refractivity contribution is 14.1. The molecule has 3 aromatic rings. The van der Waals surface area contributed by atoms with E-state index in [2.05, 4.69) is 50.3 Å². The third-order valence-electron chi connectivity index (χ3n) is 2.69. The Morgan fingerprint density at radius 1 is 1.33 bits per heavy atom. The van der Waals surface area contributed by atoms with E-state index in [0.29, 0.717) is 6.61 Å². The number of nitrogens with one attached hydrogen (secondary N) is 1. The van der Waals surface area contributed by atoms with Crippen molar-refractivity contribution in [2.24, 2.45) is 0 Å². The van der Waals surface area contributed by atoms with Gasteiger partial charge in [-0.15, -0.1) is 11.3 Å². The zero-order valence-electron chi connectivity index (χ0n) is 9.52. The predicted octanol–water partition coefficient (Wildman–Crippen LogP) is 3.85. The number of fused-ring (bicyclic) bond motifs is 1. The van der Waals surface area contributed by atoms with Gasteiger partial charge in [0.05, 0.1) is 12.1 Å². The molecule has 0 aliphatic rings. The second kappa shape index (κ2) is 5.27. The van der Waals surface area contributed by atoms with Gasteiger partial charge in [-0.1, -0.05) is 6.07 Å². The van der Waals surface area contributed by atoms with Crippen LogP contribution in [-0.4, -0.2) is 16.8 Å². The number of nitrogens with zero attached hydrogens (tertiary/aromatic N) is 1. The molecule has 0 atom stereocenters. The van der Waals surface area contributed by atoms with Gasteiger partial charge >= 0.3 is 0 Å². The lowest BCUT2D eigenvalue weighted by molar-refractivity contribution is 0.323. The molecule has 18 heavy (non-hydrogen) atoms. The number of aromatic nitrogens is 2. The smallest absolute Gasteiger partial charge is 0.131 e.